The van der Waals surface area contributed by atoms with Crippen LogP contribution in [0.2, 0.25) is 0 Å². The molecule has 0 amide bonds. The molecule has 0 bridgehead atoms. The second-order valence-electron chi connectivity index (χ2n) is 7.25. The smallest absolute Gasteiger partial charge is 0.340 e. The first-order valence-corrected chi connectivity index (χ1v) is 11.5. The summed E-state index contributed by atoms with van der Waals surface area (Å²) >= 11 is 0. The fourth-order valence-electron chi connectivity index (χ4n) is 3.23. The van der Waals surface area contributed by atoms with Crippen molar-refractivity contribution in [3.8, 4) is 5.75 Å². The maximum atomic E-state index is 12.9. The van der Waals surface area contributed by atoms with E-state index in [2.05, 4.69) is 15.0 Å². The van der Waals surface area contributed by atoms with Gasteiger partial charge in [-0.3, -0.25) is 9.52 Å². The van der Waals surface area contributed by atoms with Crippen molar-refractivity contribution in [2.75, 3.05) is 11.8 Å². The van der Waals surface area contributed by atoms with Crippen LogP contribution in [0.15, 0.2) is 76.4 Å². The van der Waals surface area contributed by atoms with Gasteiger partial charge in [-0.2, -0.15) is 4.68 Å². The number of carbonyl (C=O) groups excluding carboxylic acids is 1. The van der Waals surface area contributed by atoms with Gasteiger partial charge in [-0.15, -0.1) is 5.10 Å². The molecule has 3 aromatic carbocycles. The van der Waals surface area contributed by atoms with Crippen molar-refractivity contribution in [2.24, 2.45) is 0 Å². The number of rotatable bonds is 7. The maximum absolute atomic E-state index is 12.9. The van der Waals surface area contributed by atoms with E-state index in [9.17, 15) is 18.0 Å². The third-order valence-corrected chi connectivity index (χ3v) is 6.40. The van der Waals surface area contributed by atoms with E-state index in [1.165, 1.54) is 25.3 Å². The number of benzene rings is 3. The minimum absolute atomic E-state index is 0.0321. The fourth-order valence-corrected chi connectivity index (χ4v) is 4.32. The lowest BCUT2D eigenvalue weighted by molar-refractivity contribution is 0.0335. The van der Waals surface area contributed by atoms with Gasteiger partial charge < -0.3 is 9.47 Å². The Balaban J connectivity index is 1.56. The van der Waals surface area contributed by atoms with Crippen molar-refractivity contribution >= 4 is 32.6 Å². The predicted octanol–water partition coefficient (Wildman–Crippen LogP) is 2.72. The molecule has 34 heavy (non-hydrogen) atoms. The number of hydrogen-bond acceptors (Lipinski definition) is 8. The first-order chi connectivity index (χ1) is 16.3. The molecule has 1 N–H and O–H groups in total. The first-order valence-electron chi connectivity index (χ1n) is 10.1. The van der Waals surface area contributed by atoms with Gasteiger partial charge >= 0.3 is 5.97 Å². The van der Waals surface area contributed by atoms with Gasteiger partial charge in [-0.1, -0.05) is 35.5 Å². The second-order valence-corrected chi connectivity index (χ2v) is 8.94. The summed E-state index contributed by atoms with van der Waals surface area (Å²) in [6, 6.07) is 17.3. The van der Waals surface area contributed by atoms with Gasteiger partial charge in [0.15, 0.2) is 6.73 Å². The highest BCUT2D eigenvalue weighted by Crippen LogP contribution is 2.27. The Morgan fingerprint density at radius 1 is 1.06 bits per heavy atom. The van der Waals surface area contributed by atoms with Crippen molar-refractivity contribution in [1.82, 2.24) is 15.0 Å². The first kappa shape index (κ1) is 22.9. The van der Waals surface area contributed by atoms with Crippen molar-refractivity contribution in [2.45, 2.75) is 18.6 Å². The van der Waals surface area contributed by atoms with Crippen molar-refractivity contribution in [3.63, 3.8) is 0 Å². The monoisotopic (exact) mass is 480 g/mol. The minimum atomic E-state index is -4.03. The van der Waals surface area contributed by atoms with E-state index in [4.69, 9.17) is 9.47 Å². The van der Waals surface area contributed by atoms with Crippen LogP contribution >= 0.6 is 0 Å². The highest BCUT2D eigenvalue weighted by Gasteiger charge is 2.20. The third-order valence-electron chi connectivity index (χ3n) is 5.04. The highest BCUT2D eigenvalue weighted by atomic mass is 32.2. The van der Waals surface area contributed by atoms with Gasteiger partial charge in [-0.25, -0.2) is 13.2 Å². The number of methoxy groups -OCH3 is 1. The van der Waals surface area contributed by atoms with Crippen LogP contribution in [0.25, 0.3) is 10.9 Å². The van der Waals surface area contributed by atoms with Crippen LogP contribution in [0.4, 0.5) is 5.69 Å². The Hall–Kier alpha value is -4.25. The topological polar surface area (TPSA) is 129 Å². The summed E-state index contributed by atoms with van der Waals surface area (Å²) in [4.78, 5) is 25.1. The molecule has 0 atom stereocenters. The molecule has 0 fully saturated rings. The van der Waals surface area contributed by atoms with Gasteiger partial charge in [0.2, 0.25) is 0 Å². The Morgan fingerprint density at radius 3 is 2.59 bits per heavy atom. The van der Waals surface area contributed by atoms with Crippen LogP contribution in [-0.2, 0) is 21.5 Å². The Kier molecular flexibility index (Phi) is 6.28. The summed E-state index contributed by atoms with van der Waals surface area (Å²) in [5, 5.41) is 8.04. The standard InChI is InChI=1S/C23H20N4O6S/c1-15-11-12-16(34(30,31)25-20-9-5-6-10-21(20)32-2)13-18(15)23(29)33-14-27-22(28)17-7-3-4-8-19(17)24-26-27/h3-13,25H,14H2,1-2H3. The number of aryl methyl sites for hydroxylation is 1. The molecule has 0 saturated carbocycles. The molecule has 0 unspecified atom stereocenters. The van der Waals surface area contributed by atoms with Crippen LogP contribution in [0.5, 0.6) is 5.75 Å². The van der Waals surface area contributed by atoms with Crippen LogP contribution in [0, 0.1) is 6.92 Å². The maximum Gasteiger partial charge on any atom is 0.340 e. The zero-order valence-corrected chi connectivity index (χ0v) is 19.1. The van der Waals surface area contributed by atoms with E-state index in [0.29, 0.717) is 22.2 Å². The van der Waals surface area contributed by atoms with Gasteiger partial charge in [0, 0.05) is 0 Å². The van der Waals surface area contributed by atoms with E-state index < -0.39 is 28.3 Å². The molecule has 174 valence electrons. The number of fused-ring (bicyclic) bond motifs is 1. The average molecular weight is 481 g/mol. The number of esters is 1. The Bertz CT molecular complexity index is 1550. The number of nitrogens with one attached hydrogen (secondary N) is 1. The van der Waals surface area contributed by atoms with E-state index in [-0.39, 0.29) is 16.1 Å². The van der Waals surface area contributed by atoms with Crippen LogP contribution in [0.1, 0.15) is 15.9 Å². The molecule has 4 aromatic rings. The number of hydrogen-bond donors (Lipinski definition) is 1. The number of sulfonamides is 1. The third kappa shape index (κ3) is 4.59. The summed E-state index contributed by atoms with van der Waals surface area (Å²) in [5.74, 6) is -0.464. The van der Waals surface area contributed by atoms with Gasteiger partial charge in [-0.05, 0) is 48.9 Å². The predicted molar refractivity (Wildman–Crippen MR) is 124 cm³/mol. The van der Waals surface area contributed by atoms with Crippen LogP contribution < -0.4 is 15.0 Å². The molecule has 11 heteroatoms. The zero-order chi connectivity index (χ0) is 24.3. The second kappa shape index (κ2) is 9.32. The molecule has 1 heterocycles. The molecule has 4 rings (SSSR count). The summed E-state index contributed by atoms with van der Waals surface area (Å²) in [6.45, 7) is 1.16. The molecule has 0 aliphatic rings. The van der Waals surface area contributed by atoms with Crippen molar-refractivity contribution < 1.29 is 22.7 Å². The lowest BCUT2D eigenvalue weighted by atomic mass is 10.1. The van der Waals surface area contributed by atoms with E-state index in [1.807, 2.05) is 0 Å². The SMILES string of the molecule is COc1ccccc1NS(=O)(=O)c1ccc(C)c(C(=O)OCn2nnc3ccccc3c2=O)c1. The fraction of sp³-hybridized carbons (Fsp3) is 0.130. The van der Waals surface area contributed by atoms with Gasteiger partial charge in [0.1, 0.15) is 11.3 Å². The molecular formula is C23H20N4O6S. The minimum Gasteiger partial charge on any atom is -0.495 e. The summed E-state index contributed by atoms with van der Waals surface area (Å²) in [5.41, 5.74) is 0.741. The molecule has 10 nitrogen and oxygen atoms in total. The number of aromatic nitrogens is 3. The van der Waals surface area contributed by atoms with Gasteiger partial charge in [0.25, 0.3) is 15.6 Å². The van der Waals surface area contributed by atoms with E-state index in [1.54, 1.807) is 55.5 Å². The Labute approximate surface area is 194 Å². The number of ether oxygens (including phenoxy) is 2. The van der Waals surface area contributed by atoms with Gasteiger partial charge in [0.05, 0.1) is 28.6 Å². The number of nitrogens with zero attached hydrogens (tertiary/aromatic N) is 3. The number of carbonyl (C=O) groups is 1. The highest BCUT2D eigenvalue weighted by molar-refractivity contribution is 7.92. The summed E-state index contributed by atoms with van der Waals surface area (Å²) in [6.07, 6.45) is 0. The lowest BCUT2D eigenvalue weighted by Crippen LogP contribution is -2.26. The van der Waals surface area contributed by atoms with E-state index in [0.717, 1.165) is 4.68 Å². The normalized spacial score (nSPS) is 11.2. The summed E-state index contributed by atoms with van der Waals surface area (Å²) < 4.78 is 39.6. The Morgan fingerprint density at radius 2 is 1.79 bits per heavy atom. The molecule has 0 spiro atoms. The van der Waals surface area contributed by atoms with Crippen LogP contribution in [0.3, 0.4) is 0 Å². The van der Waals surface area contributed by atoms with E-state index >= 15 is 0 Å². The number of anilines is 1. The van der Waals surface area contributed by atoms with Crippen molar-refractivity contribution in [1.29, 1.82) is 0 Å². The van der Waals surface area contributed by atoms with Crippen molar-refractivity contribution in [3.05, 3.63) is 88.2 Å². The molecule has 0 aliphatic heterocycles. The molecule has 0 saturated heterocycles. The zero-order valence-electron chi connectivity index (χ0n) is 18.3. The molecule has 0 aliphatic carbocycles. The molecule has 1 aromatic heterocycles. The average Bonchev–Trinajstić information content (AvgIpc) is 2.84. The molecule has 0 radical (unpaired) electrons. The molecular weight excluding hydrogens is 460 g/mol. The largest absolute Gasteiger partial charge is 0.495 e. The number of para-hydroxylation sites is 2. The van der Waals surface area contributed by atoms with Crippen LogP contribution in [-0.4, -0.2) is 36.5 Å². The summed E-state index contributed by atoms with van der Waals surface area (Å²) in [7, 11) is -2.60. The quantitative estimate of drug-likeness (QED) is 0.400. The lowest BCUT2D eigenvalue weighted by Gasteiger charge is -2.13.